The van der Waals surface area contributed by atoms with Gasteiger partial charge in [0.1, 0.15) is 0 Å². The van der Waals surface area contributed by atoms with Crippen LogP contribution >= 0.6 is 11.8 Å². The zero-order chi connectivity index (χ0) is 13.4. The first-order valence-corrected chi connectivity index (χ1v) is 7.01. The number of hydrogen-bond donors (Lipinski definition) is 1. The minimum atomic E-state index is -0.0747. The number of carbonyl (C=O) groups excluding carboxylic acids is 1. The molecule has 0 bridgehead atoms. The number of ether oxygens (including phenoxy) is 1. The van der Waals surface area contributed by atoms with Crippen LogP contribution in [0.3, 0.4) is 0 Å². The molecule has 0 heterocycles. The molecule has 0 radical (unpaired) electrons. The van der Waals surface area contributed by atoms with Crippen LogP contribution in [0.15, 0.2) is 29.2 Å². The van der Waals surface area contributed by atoms with Gasteiger partial charge in [0.05, 0.1) is 5.25 Å². The third kappa shape index (κ3) is 5.56. The summed E-state index contributed by atoms with van der Waals surface area (Å²) in [5.41, 5.74) is 1.22. The number of benzene rings is 1. The Hall–Kier alpha value is -1.00. The van der Waals surface area contributed by atoms with Crippen molar-refractivity contribution in [2.45, 2.75) is 30.4 Å². The average molecular weight is 267 g/mol. The predicted octanol–water partition coefficient (Wildman–Crippen LogP) is 2.63. The highest BCUT2D eigenvalue weighted by molar-refractivity contribution is 8.00. The molecule has 0 aromatic heterocycles. The van der Waals surface area contributed by atoms with Crippen LogP contribution in [0.2, 0.25) is 0 Å². The van der Waals surface area contributed by atoms with Gasteiger partial charge in [0, 0.05) is 25.2 Å². The smallest absolute Gasteiger partial charge is 0.233 e. The minimum absolute atomic E-state index is 0.0747. The Balaban J connectivity index is 2.35. The van der Waals surface area contributed by atoms with Gasteiger partial charge >= 0.3 is 0 Å². The highest BCUT2D eigenvalue weighted by Gasteiger charge is 2.13. The maximum atomic E-state index is 11.8. The van der Waals surface area contributed by atoms with E-state index in [1.54, 1.807) is 18.9 Å². The fourth-order valence-corrected chi connectivity index (χ4v) is 2.53. The molecule has 0 aliphatic heterocycles. The number of methoxy groups -OCH3 is 1. The van der Waals surface area contributed by atoms with E-state index < -0.39 is 0 Å². The van der Waals surface area contributed by atoms with Gasteiger partial charge in [0.15, 0.2) is 0 Å². The van der Waals surface area contributed by atoms with E-state index >= 15 is 0 Å². The van der Waals surface area contributed by atoms with Crippen LogP contribution in [0.1, 0.15) is 18.9 Å². The van der Waals surface area contributed by atoms with Crippen molar-refractivity contribution >= 4 is 17.7 Å². The topological polar surface area (TPSA) is 38.3 Å². The van der Waals surface area contributed by atoms with E-state index in [2.05, 4.69) is 24.4 Å². The molecule has 100 valence electrons. The Morgan fingerprint density at radius 1 is 1.50 bits per heavy atom. The molecule has 0 aliphatic rings. The van der Waals surface area contributed by atoms with Crippen LogP contribution in [0.5, 0.6) is 0 Å². The van der Waals surface area contributed by atoms with Crippen molar-refractivity contribution in [2.24, 2.45) is 0 Å². The molecule has 1 unspecified atom stereocenters. The van der Waals surface area contributed by atoms with Crippen LogP contribution in [0.25, 0.3) is 0 Å². The number of nitrogens with one attached hydrogen (secondary N) is 1. The van der Waals surface area contributed by atoms with Crippen molar-refractivity contribution in [3.05, 3.63) is 29.8 Å². The molecule has 3 nitrogen and oxygen atoms in total. The standard InChI is InChI=1S/C14H21NO2S/c1-11-6-4-7-13(10-11)18-12(2)14(16)15-8-5-9-17-3/h4,6-7,10,12H,5,8-9H2,1-3H3,(H,15,16). The lowest BCUT2D eigenvalue weighted by atomic mass is 10.2. The lowest BCUT2D eigenvalue weighted by molar-refractivity contribution is -0.120. The van der Waals surface area contributed by atoms with Crippen LogP contribution in [0.4, 0.5) is 0 Å². The Labute approximate surface area is 113 Å². The molecule has 1 rings (SSSR count). The number of aryl methyl sites for hydroxylation is 1. The Bertz CT molecular complexity index is 382. The van der Waals surface area contributed by atoms with Gasteiger partial charge in [0.2, 0.25) is 5.91 Å². The van der Waals surface area contributed by atoms with Crippen LogP contribution in [-0.4, -0.2) is 31.4 Å². The van der Waals surface area contributed by atoms with Crippen molar-refractivity contribution in [3.63, 3.8) is 0 Å². The summed E-state index contributed by atoms with van der Waals surface area (Å²) < 4.78 is 4.94. The van der Waals surface area contributed by atoms with Gasteiger partial charge in [-0.2, -0.15) is 0 Å². The largest absolute Gasteiger partial charge is 0.385 e. The van der Waals surface area contributed by atoms with E-state index in [4.69, 9.17) is 4.74 Å². The maximum Gasteiger partial charge on any atom is 0.233 e. The number of amides is 1. The zero-order valence-electron chi connectivity index (χ0n) is 11.2. The number of thioether (sulfide) groups is 1. The monoisotopic (exact) mass is 267 g/mol. The average Bonchev–Trinajstić information content (AvgIpc) is 2.34. The second-order valence-electron chi connectivity index (χ2n) is 4.21. The van der Waals surface area contributed by atoms with E-state index in [1.807, 2.05) is 19.1 Å². The Kier molecular flexibility index (Phi) is 6.83. The fourth-order valence-electron chi connectivity index (χ4n) is 1.52. The second kappa shape index (κ2) is 8.16. The first kappa shape index (κ1) is 15.1. The van der Waals surface area contributed by atoms with Crippen molar-refractivity contribution in [1.29, 1.82) is 0 Å². The molecule has 1 atom stereocenters. The highest BCUT2D eigenvalue weighted by Crippen LogP contribution is 2.23. The van der Waals surface area contributed by atoms with Crippen molar-refractivity contribution in [1.82, 2.24) is 5.32 Å². The Morgan fingerprint density at radius 2 is 2.28 bits per heavy atom. The summed E-state index contributed by atoms with van der Waals surface area (Å²) in [6, 6.07) is 8.20. The van der Waals surface area contributed by atoms with Crippen molar-refractivity contribution in [3.8, 4) is 0 Å². The van der Waals surface area contributed by atoms with Crippen LogP contribution in [-0.2, 0) is 9.53 Å². The molecule has 1 aromatic rings. The van der Waals surface area contributed by atoms with Crippen molar-refractivity contribution in [2.75, 3.05) is 20.3 Å². The Morgan fingerprint density at radius 3 is 2.94 bits per heavy atom. The molecule has 0 fully saturated rings. The molecule has 18 heavy (non-hydrogen) atoms. The highest BCUT2D eigenvalue weighted by atomic mass is 32.2. The molecule has 1 amide bonds. The lowest BCUT2D eigenvalue weighted by Crippen LogP contribution is -2.32. The molecule has 1 aromatic carbocycles. The molecule has 0 saturated heterocycles. The van der Waals surface area contributed by atoms with Crippen molar-refractivity contribution < 1.29 is 9.53 Å². The third-order valence-electron chi connectivity index (χ3n) is 2.50. The SMILES string of the molecule is COCCCNC(=O)C(C)Sc1cccc(C)c1. The third-order valence-corrected chi connectivity index (χ3v) is 3.59. The van der Waals surface area contributed by atoms with Crippen LogP contribution in [0, 0.1) is 6.92 Å². The summed E-state index contributed by atoms with van der Waals surface area (Å²) in [5.74, 6) is 0.0811. The number of hydrogen-bond acceptors (Lipinski definition) is 3. The van der Waals surface area contributed by atoms with Gasteiger partial charge in [-0.05, 0) is 32.4 Å². The normalized spacial score (nSPS) is 12.2. The second-order valence-corrected chi connectivity index (χ2v) is 5.63. The minimum Gasteiger partial charge on any atom is -0.385 e. The summed E-state index contributed by atoms with van der Waals surface area (Å²) in [6.45, 7) is 5.34. The summed E-state index contributed by atoms with van der Waals surface area (Å²) in [5, 5.41) is 2.84. The quantitative estimate of drug-likeness (QED) is 0.609. The molecular weight excluding hydrogens is 246 g/mol. The molecular formula is C14H21NO2S. The molecule has 0 aliphatic carbocycles. The van der Waals surface area contributed by atoms with E-state index in [0.29, 0.717) is 13.2 Å². The molecule has 4 heteroatoms. The van der Waals surface area contributed by atoms with Gasteiger partial charge in [-0.25, -0.2) is 0 Å². The lowest BCUT2D eigenvalue weighted by Gasteiger charge is -2.12. The first-order chi connectivity index (χ1) is 8.63. The first-order valence-electron chi connectivity index (χ1n) is 6.13. The van der Waals surface area contributed by atoms with Gasteiger partial charge in [-0.3, -0.25) is 4.79 Å². The van der Waals surface area contributed by atoms with E-state index in [1.165, 1.54) is 5.56 Å². The predicted molar refractivity (Wildman–Crippen MR) is 76.0 cm³/mol. The van der Waals surface area contributed by atoms with E-state index in [0.717, 1.165) is 11.3 Å². The molecule has 0 spiro atoms. The number of carbonyl (C=O) groups is 1. The van der Waals surface area contributed by atoms with Gasteiger partial charge < -0.3 is 10.1 Å². The number of rotatable bonds is 7. The summed E-state index contributed by atoms with van der Waals surface area (Å²) in [4.78, 5) is 13.0. The summed E-state index contributed by atoms with van der Waals surface area (Å²) >= 11 is 1.59. The molecule has 1 N–H and O–H groups in total. The van der Waals surface area contributed by atoms with Gasteiger partial charge in [-0.15, -0.1) is 11.8 Å². The summed E-state index contributed by atoms with van der Waals surface area (Å²) in [7, 11) is 1.66. The maximum absolute atomic E-state index is 11.8. The van der Waals surface area contributed by atoms with Crippen LogP contribution < -0.4 is 5.32 Å². The molecule has 0 saturated carbocycles. The van der Waals surface area contributed by atoms with Gasteiger partial charge in [-0.1, -0.05) is 17.7 Å². The van der Waals surface area contributed by atoms with E-state index in [-0.39, 0.29) is 11.2 Å². The summed E-state index contributed by atoms with van der Waals surface area (Å²) in [6.07, 6.45) is 0.851. The van der Waals surface area contributed by atoms with Gasteiger partial charge in [0.25, 0.3) is 0 Å². The van der Waals surface area contributed by atoms with E-state index in [9.17, 15) is 4.79 Å². The fraction of sp³-hybridized carbons (Fsp3) is 0.500. The zero-order valence-corrected chi connectivity index (χ0v) is 12.0.